The molecule has 19 heavy (non-hydrogen) atoms. The van der Waals surface area contributed by atoms with Gasteiger partial charge in [0.2, 0.25) is 5.91 Å². The molecule has 1 rings (SSSR count). The second kappa shape index (κ2) is 7.70. The summed E-state index contributed by atoms with van der Waals surface area (Å²) in [5.41, 5.74) is 1.22. The largest absolute Gasteiger partial charge is 0.334 e. The van der Waals surface area contributed by atoms with Crippen LogP contribution in [-0.4, -0.2) is 37.0 Å². The summed E-state index contributed by atoms with van der Waals surface area (Å²) in [6, 6.07) is 1.56. The number of urea groups is 1. The molecule has 1 aromatic heterocycles. The third-order valence-electron chi connectivity index (χ3n) is 2.46. The Kier molecular flexibility index (Phi) is 6.24. The highest BCUT2D eigenvalue weighted by atomic mass is 32.1. The molecular formula is C13H19N3O2S. The van der Waals surface area contributed by atoms with Crippen LogP contribution in [0.25, 0.3) is 0 Å². The van der Waals surface area contributed by atoms with E-state index in [4.69, 9.17) is 0 Å². The molecule has 0 bridgehead atoms. The number of likely N-dealkylation sites (N-methyl/N-ethyl adjacent to an activating group) is 1. The Labute approximate surface area is 117 Å². The van der Waals surface area contributed by atoms with Gasteiger partial charge in [0, 0.05) is 18.0 Å². The average Bonchev–Trinajstić information content (AvgIpc) is 2.72. The molecule has 5 nitrogen and oxygen atoms in total. The maximum atomic E-state index is 11.6. The molecule has 0 atom stereocenters. The van der Waals surface area contributed by atoms with Crippen molar-refractivity contribution in [1.29, 1.82) is 0 Å². The van der Waals surface area contributed by atoms with Crippen molar-refractivity contribution in [3.8, 4) is 0 Å². The summed E-state index contributed by atoms with van der Waals surface area (Å²) < 4.78 is 0. The van der Waals surface area contributed by atoms with Crippen LogP contribution in [0.1, 0.15) is 10.4 Å². The molecule has 0 unspecified atom stereocenters. The normalized spacial score (nSPS) is 10.3. The fraction of sp³-hybridized carbons (Fsp3) is 0.385. The summed E-state index contributed by atoms with van der Waals surface area (Å²) in [4.78, 5) is 26.0. The van der Waals surface area contributed by atoms with Crippen LogP contribution in [0.2, 0.25) is 0 Å². The van der Waals surface area contributed by atoms with Crippen LogP contribution in [-0.2, 0) is 11.3 Å². The number of hydrogen-bond acceptors (Lipinski definition) is 4. The van der Waals surface area contributed by atoms with Gasteiger partial charge in [-0.25, -0.2) is 4.79 Å². The Morgan fingerprint density at radius 2 is 2.26 bits per heavy atom. The van der Waals surface area contributed by atoms with E-state index in [0.717, 1.165) is 0 Å². The lowest BCUT2D eigenvalue weighted by Crippen LogP contribution is -2.43. The van der Waals surface area contributed by atoms with Crippen molar-refractivity contribution in [2.24, 2.45) is 0 Å². The molecule has 1 aromatic rings. The van der Waals surface area contributed by atoms with Gasteiger partial charge in [-0.3, -0.25) is 15.0 Å². The van der Waals surface area contributed by atoms with E-state index in [1.165, 1.54) is 10.4 Å². The lowest BCUT2D eigenvalue weighted by molar-refractivity contribution is -0.120. The molecule has 0 aliphatic heterocycles. The van der Waals surface area contributed by atoms with Crippen molar-refractivity contribution in [3.63, 3.8) is 0 Å². The van der Waals surface area contributed by atoms with Gasteiger partial charge in [0.1, 0.15) is 0 Å². The quantitative estimate of drug-likeness (QED) is 0.777. The summed E-state index contributed by atoms with van der Waals surface area (Å²) >= 11 is 1.67. The number of rotatable bonds is 6. The number of thiophene rings is 1. The van der Waals surface area contributed by atoms with E-state index in [0.29, 0.717) is 13.1 Å². The SMILES string of the molecule is C=CCNC(=O)NC(=O)CN(C)Cc1sccc1C. The highest BCUT2D eigenvalue weighted by Gasteiger charge is 2.11. The number of amides is 3. The van der Waals surface area contributed by atoms with E-state index >= 15 is 0 Å². The molecule has 2 N–H and O–H groups in total. The third-order valence-corrected chi connectivity index (χ3v) is 3.46. The third kappa shape index (κ3) is 5.67. The van der Waals surface area contributed by atoms with Gasteiger partial charge in [-0.05, 0) is 31.0 Å². The zero-order valence-electron chi connectivity index (χ0n) is 11.2. The maximum Gasteiger partial charge on any atom is 0.321 e. The Hall–Kier alpha value is -1.66. The van der Waals surface area contributed by atoms with Crippen molar-refractivity contribution in [1.82, 2.24) is 15.5 Å². The predicted molar refractivity (Wildman–Crippen MR) is 77.1 cm³/mol. The first-order valence-corrected chi connectivity index (χ1v) is 6.81. The van der Waals surface area contributed by atoms with Crippen LogP contribution in [0.15, 0.2) is 24.1 Å². The average molecular weight is 281 g/mol. The van der Waals surface area contributed by atoms with E-state index in [9.17, 15) is 9.59 Å². The maximum absolute atomic E-state index is 11.6. The summed E-state index contributed by atoms with van der Waals surface area (Å²) in [6.45, 7) is 6.74. The summed E-state index contributed by atoms with van der Waals surface area (Å²) in [5, 5.41) is 6.78. The molecule has 104 valence electrons. The first kappa shape index (κ1) is 15.4. The fourth-order valence-corrected chi connectivity index (χ4v) is 2.47. The van der Waals surface area contributed by atoms with Crippen LogP contribution in [0.4, 0.5) is 4.79 Å². The van der Waals surface area contributed by atoms with Crippen molar-refractivity contribution >= 4 is 23.3 Å². The number of nitrogens with zero attached hydrogens (tertiary/aromatic N) is 1. The minimum atomic E-state index is -0.495. The number of hydrogen-bond donors (Lipinski definition) is 2. The smallest absolute Gasteiger partial charge is 0.321 e. The molecule has 0 radical (unpaired) electrons. The molecule has 0 aromatic carbocycles. The van der Waals surface area contributed by atoms with E-state index in [-0.39, 0.29) is 12.5 Å². The van der Waals surface area contributed by atoms with Crippen molar-refractivity contribution in [2.45, 2.75) is 13.5 Å². The zero-order valence-corrected chi connectivity index (χ0v) is 12.0. The monoisotopic (exact) mass is 281 g/mol. The van der Waals surface area contributed by atoms with E-state index in [1.807, 2.05) is 24.3 Å². The molecule has 0 aliphatic carbocycles. The summed E-state index contributed by atoms with van der Waals surface area (Å²) in [5.74, 6) is -0.321. The van der Waals surface area contributed by atoms with Crippen LogP contribution >= 0.6 is 11.3 Å². The molecular weight excluding hydrogens is 262 g/mol. The number of nitrogens with one attached hydrogen (secondary N) is 2. The summed E-state index contributed by atoms with van der Waals surface area (Å²) in [6.07, 6.45) is 1.55. The van der Waals surface area contributed by atoms with Gasteiger partial charge < -0.3 is 5.32 Å². The number of carbonyl (C=O) groups excluding carboxylic acids is 2. The predicted octanol–water partition coefficient (Wildman–Crippen LogP) is 1.50. The lowest BCUT2D eigenvalue weighted by Gasteiger charge is -2.15. The second-order valence-corrected chi connectivity index (χ2v) is 5.25. The van der Waals surface area contributed by atoms with E-state index in [2.05, 4.69) is 23.3 Å². The zero-order chi connectivity index (χ0) is 14.3. The molecule has 0 aliphatic rings. The van der Waals surface area contributed by atoms with Crippen molar-refractivity contribution < 1.29 is 9.59 Å². The van der Waals surface area contributed by atoms with Crippen LogP contribution in [0.5, 0.6) is 0 Å². The Morgan fingerprint density at radius 1 is 1.53 bits per heavy atom. The van der Waals surface area contributed by atoms with Crippen LogP contribution in [0, 0.1) is 6.92 Å². The Balaban J connectivity index is 2.33. The van der Waals surface area contributed by atoms with Gasteiger partial charge in [-0.1, -0.05) is 6.08 Å². The minimum absolute atomic E-state index is 0.179. The molecule has 0 saturated carbocycles. The highest BCUT2D eigenvalue weighted by molar-refractivity contribution is 7.10. The number of imide groups is 1. The first-order chi connectivity index (χ1) is 9.02. The molecule has 3 amide bonds. The van der Waals surface area contributed by atoms with Crippen molar-refractivity contribution in [3.05, 3.63) is 34.5 Å². The minimum Gasteiger partial charge on any atom is -0.334 e. The molecule has 0 saturated heterocycles. The van der Waals surface area contributed by atoms with Gasteiger partial charge in [0.25, 0.3) is 0 Å². The van der Waals surface area contributed by atoms with Gasteiger partial charge in [0.15, 0.2) is 0 Å². The summed E-state index contributed by atoms with van der Waals surface area (Å²) in [7, 11) is 1.85. The Bertz CT molecular complexity index is 456. The van der Waals surface area contributed by atoms with E-state index < -0.39 is 6.03 Å². The number of aryl methyl sites for hydroxylation is 1. The first-order valence-electron chi connectivity index (χ1n) is 5.93. The van der Waals surface area contributed by atoms with Gasteiger partial charge in [-0.2, -0.15) is 0 Å². The van der Waals surface area contributed by atoms with Gasteiger partial charge in [-0.15, -0.1) is 17.9 Å². The number of carbonyl (C=O) groups is 2. The van der Waals surface area contributed by atoms with Gasteiger partial charge in [0.05, 0.1) is 6.54 Å². The highest BCUT2D eigenvalue weighted by Crippen LogP contribution is 2.16. The van der Waals surface area contributed by atoms with Crippen LogP contribution in [0.3, 0.4) is 0 Å². The van der Waals surface area contributed by atoms with E-state index in [1.54, 1.807) is 17.4 Å². The molecule has 0 fully saturated rings. The molecule has 6 heteroatoms. The molecule has 0 spiro atoms. The topological polar surface area (TPSA) is 61.4 Å². The second-order valence-electron chi connectivity index (χ2n) is 4.25. The Morgan fingerprint density at radius 3 is 2.84 bits per heavy atom. The lowest BCUT2D eigenvalue weighted by atomic mass is 10.3. The standard InChI is InChI=1S/C13H19N3O2S/c1-4-6-14-13(18)15-12(17)9-16(3)8-11-10(2)5-7-19-11/h4-5,7H,1,6,8-9H2,2-3H3,(H2,14,15,17,18). The van der Waals surface area contributed by atoms with Crippen LogP contribution < -0.4 is 10.6 Å². The molecule has 1 heterocycles. The van der Waals surface area contributed by atoms with Gasteiger partial charge >= 0.3 is 6.03 Å². The van der Waals surface area contributed by atoms with Crippen molar-refractivity contribution in [2.75, 3.05) is 20.1 Å². The fourth-order valence-electron chi connectivity index (χ4n) is 1.49.